The van der Waals surface area contributed by atoms with Crippen LogP contribution in [0.25, 0.3) is 61.6 Å². The van der Waals surface area contributed by atoms with Crippen molar-refractivity contribution in [3.05, 3.63) is 139 Å². The first-order chi connectivity index (χ1) is 23.0. The first kappa shape index (κ1) is 31.1. The molecule has 0 amide bonds. The van der Waals surface area contributed by atoms with Crippen molar-refractivity contribution in [2.45, 2.75) is 52.4 Å². The van der Waals surface area contributed by atoms with Gasteiger partial charge in [0.1, 0.15) is 17.9 Å². The van der Waals surface area contributed by atoms with E-state index in [4.69, 9.17) is 4.98 Å². The van der Waals surface area contributed by atoms with Gasteiger partial charge in [0.05, 0.1) is 28.0 Å². The number of benzene rings is 5. The fourth-order valence-corrected chi connectivity index (χ4v) is 6.40. The van der Waals surface area contributed by atoms with Gasteiger partial charge in [-0.2, -0.15) is 0 Å². The zero-order chi connectivity index (χ0) is 33.6. The first-order valence-corrected chi connectivity index (χ1v) is 16.4. The molecule has 0 aliphatic carbocycles. The standard InChI is InChI=1S/C43H40N4O/c1-42(2,3)31-25-34(40(48)35(26-31)43(4,5)6)41-46-39-33(29-16-12-17-30(24-29)36-22-23-44-27-45-36)19-13-21-38(39)47(41)37-20-11-10-18-32(37)28-14-8-7-9-15-28/h7-27,48H,1-6H3. The van der Waals surface area contributed by atoms with Crippen LogP contribution in [0.15, 0.2) is 128 Å². The Morgan fingerprint density at radius 1 is 0.604 bits per heavy atom. The van der Waals surface area contributed by atoms with E-state index in [1.807, 2.05) is 12.1 Å². The van der Waals surface area contributed by atoms with E-state index in [1.54, 1.807) is 12.5 Å². The van der Waals surface area contributed by atoms with Crippen LogP contribution in [0.5, 0.6) is 5.75 Å². The number of nitrogens with zero attached hydrogens (tertiary/aromatic N) is 4. The lowest BCUT2D eigenvalue weighted by Gasteiger charge is -2.27. The van der Waals surface area contributed by atoms with E-state index in [-0.39, 0.29) is 16.6 Å². The van der Waals surface area contributed by atoms with Crippen molar-refractivity contribution in [3.8, 4) is 56.3 Å². The van der Waals surface area contributed by atoms with Crippen molar-refractivity contribution >= 4 is 11.0 Å². The number of hydrogen-bond donors (Lipinski definition) is 1. The zero-order valence-corrected chi connectivity index (χ0v) is 28.4. The summed E-state index contributed by atoms with van der Waals surface area (Å²) >= 11 is 0. The van der Waals surface area contributed by atoms with E-state index in [2.05, 4.69) is 159 Å². The van der Waals surface area contributed by atoms with E-state index in [0.717, 1.165) is 61.4 Å². The minimum Gasteiger partial charge on any atom is -0.507 e. The van der Waals surface area contributed by atoms with Crippen LogP contribution in [0.3, 0.4) is 0 Å². The molecule has 0 saturated heterocycles. The van der Waals surface area contributed by atoms with E-state index in [1.165, 1.54) is 0 Å². The highest BCUT2D eigenvalue weighted by Gasteiger charge is 2.29. The summed E-state index contributed by atoms with van der Waals surface area (Å²) in [5.74, 6) is 0.957. The van der Waals surface area contributed by atoms with Crippen molar-refractivity contribution in [1.29, 1.82) is 0 Å². The molecule has 7 rings (SSSR count). The van der Waals surface area contributed by atoms with Crippen LogP contribution in [-0.2, 0) is 10.8 Å². The second-order valence-electron chi connectivity index (χ2n) is 14.4. The largest absolute Gasteiger partial charge is 0.507 e. The normalized spacial score (nSPS) is 12.0. The summed E-state index contributed by atoms with van der Waals surface area (Å²) in [6.45, 7) is 13.1. The number of para-hydroxylation sites is 2. The Hall–Kier alpha value is -5.55. The maximum Gasteiger partial charge on any atom is 0.149 e. The van der Waals surface area contributed by atoms with Crippen molar-refractivity contribution in [1.82, 2.24) is 19.5 Å². The molecule has 0 aliphatic rings. The number of phenolic OH excluding ortho intramolecular Hbond substituents is 1. The summed E-state index contributed by atoms with van der Waals surface area (Å²) < 4.78 is 2.23. The minimum absolute atomic E-state index is 0.145. The van der Waals surface area contributed by atoms with Gasteiger partial charge in [-0.25, -0.2) is 15.0 Å². The second-order valence-corrected chi connectivity index (χ2v) is 14.4. The minimum atomic E-state index is -0.286. The van der Waals surface area contributed by atoms with Crippen LogP contribution in [0.4, 0.5) is 0 Å². The predicted octanol–water partition coefficient (Wildman–Crippen LogP) is 10.8. The zero-order valence-electron chi connectivity index (χ0n) is 28.4. The van der Waals surface area contributed by atoms with Gasteiger partial charge in [-0.05, 0) is 57.9 Å². The number of fused-ring (bicyclic) bond motifs is 1. The van der Waals surface area contributed by atoms with Gasteiger partial charge in [0, 0.05) is 28.5 Å². The Morgan fingerprint density at radius 2 is 1.29 bits per heavy atom. The predicted molar refractivity (Wildman–Crippen MR) is 197 cm³/mol. The van der Waals surface area contributed by atoms with Gasteiger partial charge in [0.15, 0.2) is 0 Å². The molecule has 2 heterocycles. The molecule has 1 N–H and O–H groups in total. The Bertz CT molecular complexity index is 2260. The van der Waals surface area contributed by atoms with Crippen molar-refractivity contribution < 1.29 is 5.11 Å². The van der Waals surface area contributed by atoms with Gasteiger partial charge in [-0.15, -0.1) is 0 Å². The number of imidazole rings is 1. The highest BCUT2D eigenvalue weighted by atomic mass is 16.3. The Morgan fingerprint density at radius 3 is 2.02 bits per heavy atom. The first-order valence-electron chi connectivity index (χ1n) is 16.4. The molecule has 5 heteroatoms. The summed E-state index contributed by atoms with van der Waals surface area (Å²) in [4.78, 5) is 14.0. The van der Waals surface area contributed by atoms with Gasteiger partial charge in [-0.1, -0.05) is 126 Å². The van der Waals surface area contributed by atoms with Crippen LogP contribution in [0.1, 0.15) is 52.7 Å². The molecule has 0 aliphatic heterocycles. The van der Waals surface area contributed by atoms with E-state index in [9.17, 15) is 5.11 Å². The summed E-state index contributed by atoms with van der Waals surface area (Å²) in [6, 6.07) is 39.8. The van der Waals surface area contributed by atoms with Gasteiger partial charge in [-0.3, -0.25) is 4.57 Å². The Kier molecular flexibility index (Phi) is 7.71. The lowest BCUT2D eigenvalue weighted by atomic mass is 9.79. The topological polar surface area (TPSA) is 63.8 Å². The molecule has 2 aromatic heterocycles. The molecular weight excluding hydrogens is 589 g/mol. The lowest BCUT2D eigenvalue weighted by Crippen LogP contribution is -2.17. The van der Waals surface area contributed by atoms with Crippen molar-refractivity contribution in [3.63, 3.8) is 0 Å². The maximum atomic E-state index is 12.1. The van der Waals surface area contributed by atoms with Crippen LogP contribution in [0, 0.1) is 0 Å². The molecule has 0 bridgehead atoms. The number of aromatic hydroxyl groups is 1. The van der Waals surface area contributed by atoms with Gasteiger partial charge < -0.3 is 5.11 Å². The van der Waals surface area contributed by atoms with Gasteiger partial charge in [0.25, 0.3) is 0 Å². The van der Waals surface area contributed by atoms with E-state index < -0.39 is 0 Å². The van der Waals surface area contributed by atoms with Crippen LogP contribution in [-0.4, -0.2) is 24.6 Å². The molecule has 5 nitrogen and oxygen atoms in total. The third kappa shape index (κ3) is 5.66. The van der Waals surface area contributed by atoms with Crippen LogP contribution in [0.2, 0.25) is 0 Å². The molecule has 0 spiro atoms. The number of rotatable bonds is 5. The average molecular weight is 629 g/mol. The molecule has 7 aromatic rings. The smallest absolute Gasteiger partial charge is 0.149 e. The molecule has 0 saturated carbocycles. The number of aromatic nitrogens is 4. The Labute approximate surface area is 282 Å². The average Bonchev–Trinajstić information content (AvgIpc) is 3.47. The molecule has 0 unspecified atom stereocenters. The van der Waals surface area contributed by atoms with E-state index in [0.29, 0.717) is 11.4 Å². The molecule has 0 fully saturated rings. The summed E-state index contributed by atoms with van der Waals surface area (Å²) in [7, 11) is 0. The molecule has 48 heavy (non-hydrogen) atoms. The van der Waals surface area contributed by atoms with Gasteiger partial charge in [0.2, 0.25) is 0 Å². The molecule has 238 valence electrons. The monoisotopic (exact) mass is 628 g/mol. The maximum absolute atomic E-state index is 12.1. The second kappa shape index (κ2) is 11.9. The van der Waals surface area contributed by atoms with E-state index >= 15 is 0 Å². The van der Waals surface area contributed by atoms with Crippen LogP contribution < -0.4 is 0 Å². The molecule has 0 atom stereocenters. The third-order valence-electron chi connectivity index (χ3n) is 8.99. The molecule has 0 radical (unpaired) electrons. The Balaban J connectivity index is 1.57. The number of phenols is 1. The fraction of sp³-hybridized carbons (Fsp3) is 0.186. The molecular formula is C43H40N4O. The number of hydrogen-bond acceptors (Lipinski definition) is 4. The lowest BCUT2D eigenvalue weighted by molar-refractivity contribution is 0.446. The highest BCUT2D eigenvalue weighted by Crippen LogP contribution is 2.45. The summed E-state index contributed by atoms with van der Waals surface area (Å²) in [5.41, 5.74) is 11.2. The third-order valence-corrected chi connectivity index (χ3v) is 8.99. The highest BCUT2D eigenvalue weighted by molar-refractivity contribution is 5.97. The van der Waals surface area contributed by atoms with Gasteiger partial charge >= 0.3 is 0 Å². The molecule has 5 aromatic carbocycles. The summed E-state index contributed by atoms with van der Waals surface area (Å²) in [5, 5.41) is 12.1. The van der Waals surface area contributed by atoms with Crippen molar-refractivity contribution in [2.75, 3.05) is 0 Å². The van der Waals surface area contributed by atoms with Crippen LogP contribution >= 0.6 is 0 Å². The van der Waals surface area contributed by atoms with Crippen molar-refractivity contribution in [2.24, 2.45) is 0 Å². The SMILES string of the molecule is CC(C)(C)c1cc(-c2nc3c(-c4cccc(-c5ccncn5)c4)cccc3n2-c2ccccc2-c2ccccc2)c(O)c(C(C)(C)C)c1. The quantitative estimate of drug-likeness (QED) is 0.206. The fourth-order valence-electron chi connectivity index (χ4n) is 6.40. The summed E-state index contributed by atoms with van der Waals surface area (Å²) in [6.07, 6.45) is 3.34.